The highest BCUT2D eigenvalue weighted by molar-refractivity contribution is 5.77. The Morgan fingerprint density at radius 2 is 1.68 bits per heavy atom. The predicted molar refractivity (Wildman–Crippen MR) is 145 cm³/mol. The van der Waals surface area contributed by atoms with Gasteiger partial charge >= 0.3 is 5.97 Å². The molecule has 1 fully saturated rings. The number of nitrogens with zero attached hydrogens (tertiary/aromatic N) is 1. The van der Waals surface area contributed by atoms with Gasteiger partial charge in [-0.1, -0.05) is 96.2 Å². The van der Waals surface area contributed by atoms with Crippen molar-refractivity contribution in [1.82, 2.24) is 5.16 Å². The lowest BCUT2D eigenvalue weighted by atomic mass is 9.97. The molecule has 0 saturated heterocycles. The summed E-state index contributed by atoms with van der Waals surface area (Å²) in [7, 11) is 0. The summed E-state index contributed by atoms with van der Waals surface area (Å²) in [5, 5.41) is 15.1. The average molecular weight is 494 g/mol. The first kappa shape index (κ1) is 24.7. The Bertz CT molecular complexity index is 1370. The molecule has 1 aliphatic carbocycles. The van der Waals surface area contributed by atoms with Crippen molar-refractivity contribution in [3.63, 3.8) is 0 Å². The molecule has 4 aromatic rings. The molecule has 1 heterocycles. The molecule has 5 rings (SSSR count). The standard InChI is InChI=1S/C32H31NO4/c1-3-36-32(35)28-20-27(28)25-16-12-23(13-17-25)24-14-18-26(19-15-24)31-30(21(2)33-37-31)29(34)11-7-10-22-8-5-4-6-9-22/h4-10,12-19,27-29,34H,3,11,20H2,1-2H3/t27-,28-,29?/m1/s1. The fourth-order valence-electron chi connectivity index (χ4n) is 4.80. The second-order valence-corrected chi connectivity index (χ2v) is 9.48. The average Bonchev–Trinajstić information content (AvgIpc) is 3.64. The molecular weight excluding hydrogens is 462 g/mol. The maximum atomic E-state index is 12.0. The third kappa shape index (κ3) is 5.57. The Hall–Kier alpha value is -3.96. The molecule has 1 aliphatic rings. The SMILES string of the molecule is CCOC(=O)[C@@H]1C[C@@H]1c1ccc(-c2ccc(-c3onc(C)c3C(O)CC=Cc3ccccc3)cc2)cc1. The molecule has 0 amide bonds. The van der Waals surface area contributed by atoms with E-state index in [2.05, 4.69) is 29.4 Å². The molecule has 188 valence electrons. The summed E-state index contributed by atoms with van der Waals surface area (Å²) in [6.45, 7) is 4.12. The zero-order valence-corrected chi connectivity index (χ0v) is 21.1. The lowest BCUT2D eigenvalue weighted by Crippen LogP contribution is -2.07. The topological polar surface area (TPSA) is 72.6 Å². The lowest BCUT2D eigenvalue weighted by Gasteiger charge is -2.10. The molecule has 37 heavy (non-hydrogen) atoms. The van der Waals surface area contributed by atoms with Crippen LogP contribution in [-0.4, -0.2) is 22.8 Å². The summed E-state index contributed by atoms with van der Waals surface area (Å²) >= 11 is 0. The van der Waals surface area contributed by atoms with Gasteiger partial charge in [0.05, 0.1) is 29.9 Å². The quantitative estimate of drug-likeness (QED) is 0.251. The minimum Gasteiger partial charge on any atom is -0.466 e. The number of ether oxygens (including phenoxy) is 1. The number of benzene rings is 3. The van der Waals surface area contributed by atoms with Gasteiger partial charge in [-0.15, -0.1) is 0 Å². The highest BCUT2D eigenvalue weighted by Crippen LogP contribution is 2.48. The maximum Gasteiger partial charge on any atom is 0.309 e. The van der Waals surface area contributed by atoms with Gasteiger partial charge in [-0.3, -0.25) is 4.79 Å². The molecular formula is C32H31NO4. The van der Waals surface area contributed by atoms with E-state index < -0.39 is 6.10 Å². The van der Waals surface area contributed by atoms with Gasteiger partial charge in [0.15, 0.2) is 5.76 Å². The van der Waals surface area contributed by atoms with E-state index in [0.717, 1.165) is 34.2 Å². The molecule has 5 nitrogen and oxygen atoms in total. The van der Waals surface area contributed by atoms with Gasteiger partial charge in [-0.25, -0.2) is 0 Å². The van der Waals surface area contributed by atoms with Crippen LogP contribution < -0.4 is 0 Å². The van der Waals surface area contributed by atoms with Gasteiger partial charge in [0, 0.05) is 5.56 Å². The van der Waals surface area contributed by atoms with Crippen molar-refractivity contribution in [2.45, 2.75) is 38.7 Å². The van der Waals surface area contributed by atoms with E-state index in [1.165, 1.54) is 5.56 Å². The fraction of sp³-hybridized carbons (Fsp3) is 0.250. The highest BCUT2D eigenvalue weighted by Gasteiger charge is 2.45. The van der Waals surface area contributed by atoms with E-state index >= 15 is 0 Å². The first-order chi connectivity index (χ1) is 18.0. The van der Waals surface area contributed by atoms with Crippen LogP contribution in [0.3, 0.4) is 0 Å². The van der Waals surface area contributed by atoms with Crippen molar-refractivity contribution < 1.29 is 19.2 Å². The first-order valence-electron chi connectivity index (χ1n) is 12.8. The van der Waals surface area contributed by atoms with Crippen molar-refractivity contribution >= 4 is 12.0 Å². The lowest BCUT2D eigenvalue weighted by molar-refractivity contribution is -0.144. The van der Waals surface area contributed by atoms with Gasteiger partial charge in [0.2, 0.25) is 0 Å². The van der Waals surface area contributed by atoms with Gasteiger partial charge in [-0.05, 0) is 54.9 Å². The molecule has 0 radical (unpaired) electrons. The van der Waals surface area contributed by atoms with Gasteiger partial charge in [0.25, 0.3) is 0 Å². The molecule has 0 aliphatic heterocycles. The summed E-state index contributed by atoms with van der Waals surface area (Å²) < 4.78 is 10.8. The summed E-state index contributed by atoms with van der Waals surface area (Å²) in [4.78, 5) is 12.0. The summed E-state index contributed by atoms with van der Waals surface area (Å²) in [6.07, 6.45) is 4.59. The van der Waals surface area contributed by atoms with Crippen LogP contribution in [0.25, 0.3) is 28.5 Å². The number of esters is 1. The van der Waals surface area contributed by atoms with Crippen LogP contribution in [0, 0.1) is 12.8 Å². The largest absolute Gasteiger partial charge is 0.466 e. The van der Waals surface area contributed by atoms with E-state index in [4.69, 9.17) is 9.26 Å². The number of aromatic nitrogens is 1. The molecule has 3 aromatic carbocycles. The Kier molecular flexibility index (Phi) is 7.33. The van der Waals surface area contributed by atoms with E-state index in [9.17, 15) is 9.90 Å². The van der Waals surface area contributed by atoms with Crippen LogP contribution in [-0.2, 0) is 9.53 Å². The monoisotopic (exact) mass is 493 g/mol. The number of rotatable bonds is 9. The molecule has 0 spiro atoms. The van der Waals surface area contributed by atoms with Gasteiger partial charge in [-0.2, -0.15) is 0 Å². The Morgan fingerprint density at radius 3 is 2.35 bits per heavy atom. The number of hydrogen-bond acceptors (Lipinski definition) is 5. The number of aliphatic hydroxyl groups is 1. The van der Waals surface area contributed by atoms with E-state index in [1.54, 1.807) is 0 Å². The first-order valence-corrected chi connectivity index (χ1v) is 12.8. The van der Waals surface area contributed by atoms with Crippen molar-refractivity contribution in [2.24, 2.45) is 5.92 Å². The van der Waals surface area contributed by atoms with Crippen molar-refractivity contribution in [2.75, 3.05) is 6.61 Å². The van der Waals surface area contributed by atoms with Crippen LogP contribution in [0.1, 0.15) is 54.2 Å². The predicted octanol–water partition coefficient (Wildman–Crippen LogP) is 7.12. The maximum absolute atomic E-state index is 12.0. The molecule has 5 heteroatoms. The number of hydrogen-bond donors (Lipinski definition) is 1. The second kappa shape index (κ2) is 11.0. The smallest absolute Gasteiger partial charge is 0.309 e. The molecule has 1 saturated carbocycles. The molecule has 1 N–H and O–H groups in total. The summed E-state index contributed by atoms with van der Waals surface area (Å²) in [6, 6.07) is 26.5. The molecule has 1 aromatic heterocycles. The highest BCUT2D eigenvalue weighted by atomic mass is 16.5. The molecule has 0 bridgehead atoms. The van der Waals surface area contributed by atoms with Gasteiger partial charge < -0.3 is 14.4 Å². The summed E-state index contributed by atoms with van der Waals surface area (Å²) in [5.74, 6) is 0.761. The fourth-order valence-corrected chi connectivity index (χ4v) is 4.80. The Morgan fingerprint density at radius 1 is 1.03 bits per heavy atom. The normalized spacial score (nSPS) is 17.6. The third-order valence-electron chi connectivity index (χ3n) is 6.91. The third-order valence-corrected chi connectivity index (χ3v) is 6.91. The van der Waals surface area contributed by atoms with Crippen LogP contribution in [0.5, 0.6) is 0 Å². The van der Waals surface area contributed by atoms with Crippen LogP contribution in [0.2, 0.25) is 0 Å². The zero-order chi connectivity index (χ0) is 25.8. The van der Waals surface area contributed by atoms with Crippen molar-refractivity contribution in [1.29, 1.82) is 0 Å². The number of aliphatic hydroxyl groups excluding tert-OH is 1. The summed E-state index contributed by atoms with van der Waals surface area (Å²) in [5.41, 5.74) is 6.73. The zero-order valence-electron chi connectivity index (χ0n) is 21.1. The molecule has 1 unspecified atom stereocenters. The minimum atomic E-state index is -0.714. The molecule has 3 atom stereocenters. The minimum absolute atomic E-state index is 0.00572. The van der Waals surface area contributed by atoms with Crippen molar-refractivity contribution in [3.8, 4) is 22.5 Å². The van der Waals surface area contributed by atoms with Crippen molar-refractivity contribution in [3.05, 3.63) is 107 Å². The van der Waals surface area contributed by atoms with Crippen LogP contribution in [0.4, 0.5) is 0 Å². The van der Waals surface area contributed by atoms with E-state index in [0.29, 0.717) is 24.5 Å². The Labute approximate surface area is 217 Å². The van der Waals surface area contributed by atoms with Crippen LogP contribution in [0.15, 0.2) is 89.5 Å². The number of aryl methyl sites for hydroxylation is 1. The number of carbonyl (C=O) groups excluding carboxylic acids is 1. The van der Waals surface area contributed by atoms with E-state index in [1.807, 2.05) is 80.6 Å². The second-order valence-electron chi connectivity index (χ2n) is 9.48. The number of carbonyl (C=O) groups is 1. The Balaban J connectivity index is 1.27. The van der Waals surface area contributed by atoms with Crippen LogP contribution >= 0.6 is 0 Å². The van der Waals surface area contributed by atoms with E-state index in [-0.39, 0.29) is 17.8 Å². The van der Waals surface area contributed by atoms with Gasteiger partial charge in [0.1, 0.15) is 0 Å².